The minimum absolute atomic E-state index is 0.103. The fraction of sp³-hybridized carbons (Fsp3) is 0.333. The Morgan fingerprint density at radius 3 is 1.98 bits per heavy atom. The second-order valence-electron chi connectivity index (χ2n) is 10.8. The van der Waals surface area contributed by atoms with Crippen molar-refractivity contribution in [2.75, 3.05) is 11.9 Å². The van der Waals surface area contributed by atoms with E-state index in [1.165, 1.54) is 13.8 Å². The summed E-state index contributed by atoms with van der Waals surface area (Å²) in [6.45, 7) is 9.75. The zero-order chi connectivity index (χ0) is 30.1. The van der Waals surface area contributed by atoms with Crippen LogP contribution in [0.5, 0.6) is 5.75 Å². The molecule has 0 fully saturated rings. The molecule has 0 saturated heterocycles. The first-order valence-corrected chi connectivity index (χ1v) is 14.3. The average molecular weight is 585 g/mol. The van der Waals surface area contributed by atoms with Crippen LogP contribution >= 0.6 is 0 Å². The second kappa shape index (κ2) is 11.4. The molecular weight excluding hydrogens is 551 g/mol. The van der Waals surface area contributed by atoms with Gasteiger partial charge in [0.1, 0.15) is 12.2 Å². The summed E-state index contributed by atoms with van der Waals surface area (Å²) in [4.78, 5) is 25.3. The Bertz CT molecular complexity index is 1570. The predicted molar refractivity (Wildman–Crippen MR) is 153 cm³/mol. The van der Waals surface area contributed by atoms with Gasteiger partial charge in [-0.05, 0) is 80.5 Å². The van der Waals surface area contributed by atoms with Gasteiger partial charge in [0, 0.05) is 18.0 Å². The molecule has 0 heterocycles. The van der Waals surface area contributed by atoms with Crippen molar-refractivity contribution < 1.29 is 35.5 Å². The van der Waals surface area contributed by atoms with E-state index in [0.717, 1.165) is 22.3 Å². The number of benzene rings is 3. The smallest absolute Gasteiger partial charge is 0.449 e. The number of hydrogen-bond acceptors (Lipinski definition) is 7. The van der Waals surface area contributed by atoms with Gasteiger partial charge in [0.15, 0.2) is 5.75 Å². The van der Waals surface area contributed by atoms with Crippen molar-refractivity contribution >= 4 is 28.4 Å². The molecule has 1 aliphatic rings. The molecule has 4 rings (SSSR count). The summed E-state index contributed by atoms with van der Waals surface area (Å²) in [5, 5.41) is 5.27. The molecule has 3 aromatic rings. The van der Waals surface area contributed by atoms with E-state index < -0.39 is 28.3 Å². The third-order valence-electron chi connectivity index (χ3n) is 6.90. The summed E-state index contributed by atoms with van der Waals surface area (Å²) in [6.07, 6.45) is -1.49. The first kappa shape index (κ1) is 29.9. The lowest BCUT2D eigenvalue weighted by molar-refractivity contribution is 0.0635. The Labute approximate surface area is 239 Å². The number of halogens is 1. The lowest BCUT2D eigenvalue weighted by Gasteiger charge is -2.24. The Morgan fingerprint density at radius 1 is 0.878 bits per heavy atom. The minimum Gasteiger partial charge on any atom is -0.449 e. The number of nitrogens with one attached hydrogen (secondary N) is 2. The van der Waals surface area contributed by atoms with Crippen molar-refractivity contribution in [3.8, 4) is 16.9 Å². The van der Waals surface area contributed by atoms with Crippen LogP contribution in [0.4, 0.5) is 19.2 Å². The molecule has 0 bridgehead atoms. The third-order valence-corrected chi connectivity index (χ3v) is 7.26. The van der Waals surface area contributed by atoms with E-state index in [9.17, 15) is 21.9 Å². The molecule has 3 aromatic carbocycles. The van der Waals surface area contributed by atoms with Crippen LogP contribution in [-0.2, 0) is 26.5 Å². The standard InChI is InChI=1S/C30H33FN2O7S/c1-17-24(18(2)27(40-41(31,36)37)19(3)26(17)33-29(35)39-30(4,5)6)15-32-28(34)38-16-25-22-13-9-7-11-20(22)21-12-8-10-14-23(21)25/h7-14,25H,15-16H2,1-6H3,(H,32,34)(H,33,35). The van der Waals surface area contributed by atoms with Gasteiger partial charge in [-0.25, -0.2) is 9.59 Å². The number of alkyl carbamates (subject to hydrolysis) is 1. The van der Waals surface area contributed by atoms with Crippen LogP contribution < -0.4 is 14.8 Å². The number of hydrogen-bond donors (Lipinski definition) is 2. The van der Waals surface area contributed by atoms with Gasteiger partial charge in [-0.15, -0.1) is 0 Å². The first-order chi connectivity index (χ1) is 19.2. The van der Waals surface area contributed by atoms with Crippen molar-refractivity contribution in [2.24, 2.45) is 0 Å². The summed E-state index contributed by atoms with van der Waals surface area (Å²) >= 11 is 0. The number of ether oxygens (including phenoxy) is 2. The molecule has 2 N–H and O–H groups in total. The van der Waals surface area contributed by atoms with Crippen molar-refractivity contribution in [3.05, 3.63) is 81.9 Å². The largest absolute Gasteiger partial charge is 0.488 e. The number of anilines is 1. The maximum absolute atomic E-state index is 13.6. The Kier molecular flexibility index (Phi) is 8.30. The zero-order valence-electron chi connectivity index (χ0n) is 23.8. The monoisotopic (exact) mass is 584 g/mol. The summed E-state index contributed by atoms with van der Waals surface area (Å²) < 4.78 is 51.9. The minimum atomic E-state index is -5.38. The van der Waals surface area contributed by atoms with E-state index in [0.29, 0.717) is 11.1 Å². The molecular formula is C30H33FN2O7S. The van der Waals surface area contributed by atoms with E-state index >= 15 is 0 Å². The quantitative estimate of drug-likeness (QED) is 0.301. The molecule has 0 aromatic heterocycles. The van der Waals surface area contributed by atoms with Crippen LogP contribution in [0.1, 0.15) is 60.1 Å². The van der Waals surface area contributed by atoms with Gasteiger partial charge in [0.25, 0.3) is 0 Å². The van der Waals surface area contributed by atoms with E-state index in [1.807, 2.05) is 48.5 Å². The molecule has 0 spiro atoms. The van der Waals surface area contributed by atoms with Crippen LogP contribution in [0.2, 0.25) is 0 Å². The normalized spacial score (nSPS) is 12.8. The topological polar surface area (TPSA) is 120 Å². The van der Waals surface area contributed by atoms with Gasteiger partial charge in [0.2, 0.25) is 0 Å². The van der Waals surface area contributed by atoms with Crippen LogP contribution in [0, 0.1) is 20.8 Å². The van der Waals surface area contributed by atoms with Gasteiger partial charge in [0.05, 0.1) is 5.69 Å². The molecule has 0 atom stereocenters. The molecule has 9 nitrogen and oxygen atoms in total. The van der Waals surface area contributed by atoms with Crippen molar-refractivity contribution in [3.63, 3.8) is 0 Å². The van der Waals surface area contributed by atoms with Gasteiger partial charge in [-0.2, -0.15) is 8.42 Å². The number of amides is 2. The van der Waals surface area contributed by atoms with Crippen LogP contribution in [0.15, 0.2) is 48.5 Å². The molecule has 218 valence electrons. The average Bonchev–Trinajstić information content (AvgIpc) is 3.20. The Morgan fingerprint density at radius 2 is 1.44 bits per heavy atom. The molecule has 0 radical (unpaired) electrons. The van der Waals surface area contributed by atoms with Crippen molar-refractivity contribution in [1.29, 1.82) is 0 Å². The van der Waals surface area contributed by atoms with Gasteiger partial charge >= 0.3 is 22.7 Å². The van der Waals surface area contributed by atoms with Gasteiger partial charge in [-0.3, -0.25) is 5.32 Å². The molecule has 41 heavy (non-hydrogen) atoms. The first-order valence-electron chi connectivity index (χ1n) is 13.0. The lowest BCUT2D eigenvalue weighted by atomic mass is 9.95. The summed E-state index contributed by atoms with van der Waals surface area (Å²) in [5.74, 6) is -0.427. The SMILES string of the molecule is Cc1c(CNC(=O)OCC2c3ccccc3-c3ccccc32)c(C)c(OS(=O)(=O)F)c(C)c1NC(=O)OC(C)(C)C. The highest BCUT2D eigenvalue weighted by atomic mass is 32.3. The lowest BCUT2D eigenvalue weighted by Crippen LogP contribution is -2.29. The maximum Gasteiger partial charge on any atom is 0.488 e. The molecule has 1 aliphatic carbocycles. The Balaban J connectivity index is 1.54. The van der Waals surface area contributed by atoms with E-state index in [-0.39, 0.29) is 41.6 Å². The van der Waals surface area contributed by atoms with E-state index in [2.05, 4.69) is 14.8 Å². The number of rotatable bonds is 7. The summed E-state index contributed by atoms with van der Waals surface area (Å²) in [5.41, 5.74) is 5.08. The molecule has 0 unspecified atom stereocenters. The molecule has 2 amide bonds. The van der Waals surface area contributed by atoms with E-state index in [1.54, 1.807) is 27.7 Å². The highest BCUT2D eigenvalue weighted by Gasteiger charge is 2.29. The second-order valence-corrected chi connectivity index (χ2v) is 11.8. The molecule has 0 aliphatic heterocycles. The summed E-state index contributed by atoms with van der Waals surface area (Å²) in [7, 11) is -5.38. The van der Waals surface area contributed by atoms with Crippen LogP contribution in [-0.4, -0.2) is 32.8 Å². The fourth-order valence-electron chi connectivity index (χ4n) is 5.14. The van der Waals surface area contributed by atoms with Crippen molar-refractivity contribution in [2.45, 2.75) is 59.6 Å². The fourth-order valence-corrected chi connectivity index (χ4v) is 5.59. The number of fused-ring (bicyclic) bond motifs is 3. The van der Waals surface area contributed by atoms with Gasteiger partial charge in [-0.1, -0.05) is 52.4 Å². The molecule has 0 saturated carbocycles. The predicted octanol–water partition coefficient (Wildman–Crippen LogP) is 6.59. The number of carbonyl (C=O) groups is 2. The summed E-state index contributed by atoms with van der Waals surface area (Å²) in [6, 6.07) is 15.9. The Hall–Kier alpha value is -4.12. The van der Waals surface area contributed by atoms with Crippen LogP contribution in [0.3, 0.4) is 0 Å². The highest BCUT2D eigenvalue weighted by molar-refractivity contribution is 7.81. The number of carbonyl (C=O) groups excluding carboxylic acids is 2. The van der Waals surface area contributed by atoms with E-state index in [4.69, 9.17) is 9.47 Å². The molecule has 11 heteroatoms. The third kappa shape index (κ3) is 6.79. The van der Waals surface area contributed by atoms with Gasteiger partial charge < -0.3 is 19.0 Å². The zero-order valence-corrected chi connectivity index (χ0v) is 24.6. The van der Waals surface area contributed by atoms with Crippen LogP contribution in [0.25, 0.3) is 11.1 Å². The van der Waals surface area contributed by atoms with Crippen molar-refractivity contribution in [1.82, 2.24) is 5.32 Å². The highest BCUT2D eigenvalue weighted by Crippen LogP contribution is 2.44. The maximum atomic E-state index is 13.6.